The molecule has 1 N–H and O–H groups in total. The highest BCUT2D eigenvalue weighted by atomic mass is 16.5. The van der Waals surface area contributed by atoms with Crippen LogP contribution in [0.1, 0.15) is 17.5 Å². The zero-order chi connectivity index (χ0) is 15.1. The molecule has 2 aromatic rings. The van der Waals surface area contributed by atoms with Gasteiger partial charge >= 0.3 is 0 Å². The van der Waals surface area contributed by atoms with Crippen molar-refractivity contribution in [2.24, 2.45) is 0 Å². The van der Waals surface area contributed by atoms with E-state index < -0.39 is 0 Å². The topological polar surface area (TPSA) is 32.7 Å². The summed E-state index contributed by atoms with van der Waals surface area (Å²) in [7, 11) is 3.70. The van der Waals surface area contributed by atoms with E-state index in [9.17, 15) is 5.11 Å². The number of ether oxygens (including phenoxy) is 1. The molecule has 0 spiro atoms. The average Bonchev–Trinajstić information content (AvgIpc) is 2.48. The number of phenolic OH excluding ortho intramolecular Hbond substituents is 1. The fraction of sp³-hybridized carbons (Fsp3) is 0.333. The predicted molar refractivity (Wildman–Crippen MR) is 85.8 cm³/mol. The van der Waals surface area contributed by atoms with E-state index in [4.69, 9.17) is 4.74 Å². The van der Waals surface area contributed by atoms with Crippen LogP contribution in [0.25, 0.3) is 0 Å². The van der Waals surface area contributed by atoms with E-state index in [-0.39, 0.29) is 5.75 Å². The summed E-state index contributed by atoms with van der Waals surface area (Å²) in [6.07, 6.45) is 2.02. The molecule has 3 nitrogen and oxygen atoms in total. The zero-order valence-corrected chi connectivity index (χ0v) is 12.7. The Hall–Kier alpha value is -2.00. The Morgan fingerprint density at radius 3 is 2.48 bits per heavy atom. The minimum Gasteiger partial charge on any atom is -0.504 e. The summed E-state index contributed by atoms with van der Waals surface area (Å²) in [5.74, 6) is 0.743. The standard InChI is InChI=1S/C18H23NO2/c1-19(14-16-7-4-3-5-8-16)12-6-9-15-10-11-18(21-2)17(20)13-15/h3-5,7-8,10-11,13,20H,6,9,12,14H2,1-2H3. The third-order valence-corrected chi connectivity index (χ3v) is 3.54. The van der Waals surface area contributed by atoms with Crippen molar-refractivity contribution in [1.29, 1.82) is 0 Å². The van der Waals surface area contributed by atoms with Gasteiger partial charge in [0, 0.05) is 6.54 Å². The van der Waals surface area contributed by atoms with Gasteiger partial charge in [0.15, 0.2) is 11.5 Å². The quantitative estimate of drug-likeness (QED) is 0.845. The predicted octanol–water partition coefficient (Wildman–Crippen LogP) is 3.47. The van der Waals surface area contributed by atoms with Gasteiger partial charge in [0.2, 0.25) is 0 Å². The summed E-state index contributed by atoms with van der Waals surface area (Å²) < 4.78 is 5.05. The lowest BCUT2D eigenvalue weighted by molar-refractivity contribution is 0.322. The number of nitrogens with zero attached hydrogens (tertiary/aromatic N) is 1. The Balaban J connectivity index is 1.77. The zero-order valence-electron chi connectivity index (χ0n) is 12.7. The van der Waals surface area contributed by atoms with E-state index in [1.807, 2.05) is 18.2 Å². The normalized spacial score (nSPS) is 10.8. The highest BCUT2D eigenvalue weighted by Crippen LogP contribution is 2.26. The van der Waals surface area contributed by atoms with E-state index in [0.717, 1.165) is 31.5 Å². The first-order valence-corrected chi connectivity index (χ1v) is 7.27. The molecule has 0 heterocycles. The number of aromatic hydroxyl groups is 1. The minimum absolute atomic E-state index is 0.215. The molecule has 0 atom stereocenters. The first kappa shape index (κ1) is 15.4. The lowest BCUT2D eigenvalue weighted by Crippen LogP contribution is -2.19. The molecular weight excluding hydrogens is 262 g/mol. The van der Waals surface area contributed by atoms with Crippen LogP contribution in [0.3, 0.4) is 0 Å². The molecule has 0 fully saturated rings. The third-order valence-electron chi connectivity index (χ3n) is 3.54. The van der Waals surface area contributed by atoms with Crippen molar-refractivity contribution in [3.05, 3.63) is 59.7 Å². The second kappa shape index (κ2) is 7.70. The molecule has 0 amide bonds. The first-order valence-electron chi connectivity index (χ1n) is 7.27. The molecule has 112 valence electrons. The van der Waals surface area contributed by atoms with Crippen LogP contribution in [0, 0.1) is 0 Å². The van der Waals surface area contributed by atoms with Crippen molar-refractivity contribution in [2.45, 2.75) is 19.4 Å². The van der Waals surface area contributed by atoms with Crippen molar-refractivity contribution in [2.75, 3.05) is 20.7 Å². The molecule has 0 aliphatic carbocycles. The fourth-order valence-corrected chi connectivity index (χ4v) is 2.42. The van der Waals surface area contributed by atoms with Crippen molar-refractivity contribution in [1.82, 2.24) is 4.90 Å². The van der Waals surface area contributed by atoms with Crippen LogP contribution in [0.15, 0.2) is 48.5 Å². The average molecular weight is 285 g/mol. The third kappa shape index (κ3) is 4.80. The summed E-state index contributed by atoms with van der Waals surface area (Å²) in [4.78, 5) is 2.32. The number of benzene rings is 2. The van der Waals surface area contributed by atoms with Gasteiger partial charge in [0.1, 0.15) is 0 Å². The van der Waals surface area contributed by atoms with E-state index in [0.29, 0.717) is 5.75 Å². The van der Waals surface area contributed by atoms with Crippen LogP contribution in [0.5, 0.6) is 11.5 Å². The Bertz CT molecular complexity index is 554. The summed E-state index contributed by atoms with van der Waals surface area (Å²) in [6.45, 7) is 2.00. The van der Waals surface area contributed by atoms with Gasteiger partial charge in [0.25, 0.3) is 0 Å². The number of hydrogen-bond acceptors (Lipinski definition) is 3. The number of hydrogen-bond donors (Lipinski definition) is 1. The smallest absolute Gasteiger partial charge is 0.160 e. The number of methoxy groups -OCH3 is 1. The van der Waals surface area contributed by atoms with E-state index in [2.05, 4.69) is 36.2 Å². The largest absolute Gasteiger partial charge is 0.504 e. The SMILES string of the molecule is COc1ccc(CCCN(C)Cc2ccccc2)cc1O. The van der Waals surface area contributed by atoms with Crippen molar-refractivity contribution in [3.63, 3.8) is 0 Å². The Kier molecular flexibility index (Phi) is 5.64. The van der Waals surface area contributed by atoms with Crippen LogP contribution in [0.4, 0.5) is 0 Å². The van der Waals surface area contributed by atoms with Gasteiger partial charge in [-0.3, -0.25) is 0 Å². The molecule has 2 rings (SSSR count). The molecule has 0 aromatic heterocycles. The highest BCUT2D eigenvalue weighted by molar-refractivity contribution is 5.41. The molecule has 0 aliphatic rings. The van der Waals surface area contributed by atoms with Gasteiger partial charge in [-0.15, -0.1) is 0 Å². The Labute approximate surface area is 126 Å². The molecule has 21 heavy (non-hydrogen) atoms. The Morgan fingerprint density at radius 1 is 1.05 bits per heavy atom. The maximum Gasteiger partial charge on any atom is 0.160 e. The molecular formula is C18H23NO2. The lowest BCUT2D eigenvalue weighted by atomic mass is 10.1. The minimum atomic E-state index is 0.215. The van der Waals surface area contributed by atoms with Gasteiger partial charge in [0.05, 0.1) is 7.11 Å². The van der Waals surface area contributed by atoms with Crippen molar-refractivity contribution < 1.29 is 9.84 Å². The van der Waals surface area contributed by atoms with E-state index in [1.54, 1.807) is 13.2 Å². The van der Waals surface area contributed by atoms with E-state index >= 15 is 0 Å². The van der Waals surface area contributed by atoms with Gasteiger partial charge in [-0.2, -0.15) is 0 Å². The molecule has 0 aliphatic heterocycles. The summed E-state index contributed by atoms with van der Waals surface area (Å²) in [5, 5.41) is 9.76. The summed E-state index contributed by atoms with van der Waals surface area (Å²) >= 11 is 0. The van der Waals surface area contributed by atoms with Gasteiger partial charge in [-0.05, 0) is 49.7 Å². The molecule has 0 saturated heterocycles. The Morgan fingerprint density at radius 2 is 1.81 bits per heavy atom. The van der Waals surface area contributed by atoms with Crippen LogP contribution < -0.4 is 4.74 Å². The van der Waals surface area contributed by atoms with Crippen LogP contribution in [-0.2, 0) is 13.0 Å². The second-order valence-electron chi connectivity index (χ2n) is 5.33. The maximum absolute atomic E-state index is 9.76. The molecule has 0 unspecified atom stereocenters. The van der Waals surface area contributed by atoms with Crippen molar-refractivity contribution in [3.8, 4) is 11.5 Å². The number of rotatable bonds is 7. The number of aryl methyl sites for hydroxylation is 1. The molecule has 3 heteroatoms. The molecule has 2 aromatic carbocycles. The molecule has 0 bridgehead atoms. The van der Waals surface area contributed by atoms with Gasteiger partial charge in [-0.1, -0.05) is 36.4 Å². The number of phenols is 1. The van der Waals surface area contributed by atoms with Crippen LogP contribution >= 0.6 is 0 Å². The van der Waals surface area contributed by atoms with E-state index in [1.165, 1.54) is 5.56 Å². The monoisotopic (exact) mass is 285 g/mol. The molecule has 0 saturated carbocycles. The molecule has 0 radical (unpaired) electrons. The van der Waals surface area contributed by atoms with Gasteiger partial charge < -0.3 is 14.7 Å². The van der Waals surface area contributed by atoms with Crippen LogP contribution in [-0.4, -0.2) is 30.7 Å². The van der Waals surface area contributed by atoms with Crippen molar-refractivity contribution >= 4 is 0 Å². The van der Waals surface area contributed by atoms with Gasteiger partial charge in [-0.25, -0.2) is 0 Å². The first-order chi connectivity index (χ1) is 10.2. The highest BCUT2D eigenvalue weighted by Gasteiger charge is 2.04. The van der Waals surface area contributed by atoms with Crippen LogP contribution in [0.2, 0.25) is 0 Å². The summed E-state index contributed by atoms with van der Waals surface area (Å²) in [6, 6.07) is 16.1. The second-order valence-corrected chi connectivity index (χ2v) is 5.33. The maximum atomic E-state index is 9.76. The summed E-state index contributed by atoms with van der Waals surface area (Å²) in [5.41, 5.74) is 2.48. The lowest BCUT2D eigenvalue weighted by Gasteiger charge is -2.16. The fourth-order valence-electron chi connectivity index (χ4n) is 2.42.